The van der Waals surface area contributed by atoms with Crippen LogP contribution in [0.2, 0.25) is 0 Å². The normalized spacial score (nSPS) is 23.2. The molecule has 6 heteroatoms. The highest BCUT2D eigenvalue weighted by atomic mass is 32.2. The largest absolute Gasteiger partial charge is 0.324 e. The molecule has 2 aliphatic rings. The Balaban J connectivity index is 2.03. The number of aryl methyl sites for hydroxylation is 2. The molecule has 1 aromatic carbocycles. The third-order valence-electron chi connectivity index (χ3n) is 3.81. The molecule has 0 bridgehead atoms. The number of nitrogens with zero attached hydrogens (tertiary/aromatic N) is 1. The summed E-state index contributed by atoms with van der Waals surface area (Å²) in [7, 11) is -3.52. The summed E-state index contributed by atoms with van der Waals surface area (Å²) < 4.78 is 27.3. The highest BCUT2D eigenvalue weighted by Gasteiger charge is 2.29. The maximum absolute atomic E-state index is 12.4. The Kier molecular flexibility index (Phi) is 3.20. The van der Waals surface area contributed by atoms with Gasteiger partial charge in [0.05, 0.1) is 11.7 Å². The maximum atomic E-state index is 12.4. The number of benzene rings is 1. The van der Waals surface area contributed by atoms with E-state index in [2.05, 4.69) is 15.0 Å². The van der Waals surface area contributed by atoms with Crippen LogP contribution in [0.25, 0.3) is 0 Å². The lowest BCUT2D eigenvalue weighted by atomic mass is 10.1. The van der Waals surface area contributed by atoms with Crippen LogP contribution in [0.4, 0.5) is 5.69 Å². The molecule has 0 radical (unpaired) electrons. The molecular formula is C14H19N3O2S. The minimum absolute atomic E-state index is 0.229. The van der Waals surface area contributed by atoms with Crippen LogP contribution < -0.4 is 10.0 Å². The van der Waals surface area contributed by atoms with E-state index in [9.17, 15) is 8.42 Å². The van der Waals surface area contributed by atoms with Gasteiger partial charge < -0.3 is 5.32 Å². The summed E-state index contributed by atoms with van der Waals surface area (Å²) in [4.78, 5) is 4.83. The monoisotopic (exact) mass is 293 g/mol. The van der Waals surface area contributed by atoms with E-state index in [4.69, 9.17) is 0 Å². The van der Waals surface area contributed by atoms with Gasteiger partial charge in [-0.15, -0.1) is 0 Å². The Hall–Kier alpha value is -1.56. The number of anilines is 1. The van der Waals surface area contributed by atoms with Gasteiger partial charge in [0.25, 0.3) is 10.0 Å². The van der Waals surface area contributed by atoms with Gasteiger partial charge in [0.2, 0.25) is 5.96 Å². The van der Waals surface area contributed by atoms with Crippen molar-refractivity contribution in [3.8, 4) is 0 Å². The third-order valence-corrected chi connectivity index (χ3v) is 5.35. The molecule has 5 nitrogen and oxygen atoms in total. The topological polar surface area (TPSA) is 70.6 Å². The summed E-state index contributed by atoms with van der Waals surface area (Å²) >= 11 is 0. The molecule has 0 atom stereocenters. The quantitative estimate of drug-likeness (QED) is 0.834. The van der Waals surface area contributed by atoms with Crippen molar-refractivity contribution in [1.29, 1.82) is 0 Å². The summed E-state index contributed by atoms with van der Waals surface area (Å²) in [6, 6.07) is 3.96. The lowest BCUT2D eigenvalue weighted by Gasteiger charge is -2.24. The molecule has 1 aliphatic heterocycles. The van der Waals surface area contributed by atoms with Gasteiger partial charge in [-0.1, -0.05) is 18.9 Å². The van der Waals surface area contributed by atoms with Gasteiger partial charge in [-0.3, -0.25) is 0 Å². The van der Waals surface area contributed by atoms with Gasteiger partial charge in [0, 0.05) is 0 Å². The maximum Gasteiger partial charge on any atom is 0.266 e. The molecule has 1 aromatic rings. The number of hydrogen-bond acceptors (Lipinski definition) is 3. The first-order valence-corrected chi connectivity index (χ1v) is 8.43. The van der Waals surface area contributed by atoms with Crippen LogP contribution in [0.1, 0.15) is 36.8 Å². The van der Waals surface area contributed by atoms with E-state index in [1.807, 2.05) is 26.0 Å². The molecule has 20 heavy (non-hydrogen) atoms. The summed E-state index contributed by atoms with van der Waals surface area (Å²) in [5.74, 6) is 0.356. The molecule has 0 saturated heterocycles. The smallest absolute Gasteiger partial charge is 0.266 e. The molecule has 0 amide bonds. The van der Waals surface area contributed by atoms with Crippen molar-refractivity contribution < 1.29 is 8.42 Å². The van der Waals surface area contributed by atoms with Crippen molar-refractivity contribution >= 4 is 21.7 Å². The van der Waals surface area contributed by atoms with Crippen LogP contribution in [0.5, 0.6) is 0 Å². The van der Waals surface area contributed by atoms with E-state index >= 15 is 0 Å². The van der Waals surface area contributed by atoms with Crippen molar-refractivity contribution in [2.45, 2.75) is 50.5 Å². The number of rotatable bonds is 1. The number of hydrogen-bond donors (Lipinski definition) is 2. The molecule has 1 heterocycles. The third kappa shape index (κ3) is 2.40. The summed E-state index contributed by atoms with van der Waals surface area (Å²) in [5.41, 5.74) is 2.41. The van der Waals surface area contributed by atoms with Crippen molar-refractivity contribution in [3.05, 3.63) is 23.3 Å². The van der Waals surface area contributed by atoms with Gasteiger partial charge in [0.15, 0.2) is 0 Å². The van der Waals surface area contributed by atoms with E-state index in [1.54, 1.807) is 0 Å². The molecule has 0 unspecified atom stereocenters. The predicted molar refractivity (Wildman–Crippen MR) is 79.6 cm³/mol. The van der Waals surface area contributed by atoms with E-state index in [-0.39, 0.29) is 6.04 Å². The zero-order valence-corrected chi connectivity index (χ0v) is 12.5. The first-order valence-electron chi connectivity index (χ1n) is 6.94. The minimum atomic E-state index is -3.52. The molecule has 1 aliphatic carbocycles. The fraction of sp³-hybridized carbons (Fsp3) is 0.500. The van der Waals surface area contributed by atoms with Crippen molar-refractivity contribution in [3.63, 3.8) is 0 Å². The first-order chi connectivity index (χ1) is 9.45. The van der Waals surface area contributed by atoms with E-state index in [0.29, 0.717) is 16.5 Å². The molecule has 1 fully saturated rings. The molecule has 0 spiro atoms. The Morgan fingerprint density at radius 1 is 1.20 bits per heavy atom. The highest BCUT2D eigenvalue weighted by molar-refractivity contribution is 7.90. The van der Waals surface area contributed by atoms with Crippen molar-refractivity contribution in [1.82, 2.24) is 4.72 Å². The minimum Gasteiger partial charge on any atom is -0.324 e. The second-order valence-electron chi connectivity index (χ2n) is 5.60. The molecule has 1 saturated carbocycles. The number of nitrogens with one attached hydrogen (secondary N) is 2. The number of fused-ring (bicyclic) bond motifs is 1. The number of sulfonamides is 1. The summed E-state index contributed by atoms with van der Waals surface area (Å²) in [5, 5.41) is 3.12. The molecular weight excluding hydrogens is 274 g/mol. The second kappa shape index (κ2) is 4.77. The molecule has 0 aromatic heterocycles. The summed E-state index contributed by atoms with van der Waals surface area (Å²) in [6.07, 6.45) is 4.41. The zero-order valence-electron chi connectivity index (χ0n) is 11.7. The zero-order chi connectivity index (χ0) is 14.3. The van der Waals surface area contributed by atoms with Crippen molar-refractivity contribution in [2.24, 2.45) is 4.99 Å². The average Bonchev–Trinajstić information content (AvgIpc) is 2.78. The van der Waals surface area contributed by atoms with Gasteiger partial charge in [-0.05, 0) is 43.9 Å². The number of aliphatic imine (C=N–C) groups is 1. The van der Waals surface area contributed by atoms with Crippen LogP contribution >= 0.6 is 0 Å². The van der Waals surface area contributed by atoms with Crippen LogP contribution in [0, 0.1) is 13.8 Å². The Bertz CT molecular complexity index is 674. The average molecular weight is 293 g/mol. The van der Waals surface area contributed by atoms with Crippen LogP contribution in [-0.2, 0) is 10.0 Å². The van der Waals surface area contributed by atoms with Gasteiger partial charge >= 0.3 is 0 Å². The number of guanidine groups is 1. The summed E-state index contributed by atoms with van der Waals surface area (Å²) in [6.45, 7) is 3.77. The Labute approximate surface area is 119 Å². The Morgan fingerprint density at radius 2 is 1.90 bits per heavy atom. The fourth-order valence-electron chi connectivity index (χ4n) is 3.01. The predicted octanol–water partition coefficient (Wildman–Crippen LogP) is 2.31. The lowest BCUT2D eigenvalue weighted by Crippen LogP contribution is -2.41. The van der Waals surface area contributed by atoms with Gasteiger partial charge in [-0.2, -0.15) is 0 Å². The lowest BCUT2D eigenvalue weighted by molar-refractivity contribution is 0.590. The molecule has 3 rings (SSSR count). The molecule has 2 N–H and O–H groups in total. The first kappa shape index (κ1) is 13.4. The van der Waals surface area contributed by atoms with E-state index < -0.39 is 10.0 Å². The highest BCUT2D eigenvalue weighted by Crippen LogP contribution is 2.30. The second-order valence-corrected chi connectivity index (χ2v) is 7.22. The van der Waals surface area contributed by atoms with Crippen molar-refractivity contribution in [2.75, 3.05) is 5.32 Å². The SMILES string of the molecule is Cc1cc(C)c2c(c1)NC(=NC1CCCC1)NS2(=O)=O. The van der Waals surface area contributed by atoms with E-state index in [0.717, 1.165) is 24.0 Å². The van der Waals surface area contributed by atoms with Crippen LogP contribution in [-0.4, -0.2) is 20.4 Å². The van der Waals surface area contributed by atoms with E-state index in [1.165, 1.54) is 12.8 Å². The van der Waals surface area contributed by atoms with Crippen LogP contribution in [0.3, 0.4) is 0 Å². The Morgan fingerprint density at radius 3 is 2.60 bits per heavy atom. The fourth-order valence-corrected chi connectivity index (χ4v) is 4.35. The van der Waals surface area contributed by atoms with Crippen LogP contribution in [0.15, 0.2) is 22.0 Å². The molecule has 108 valence electrons. The standard InChI is InChI=1S/C14H19N3O2S/c1-9-7-10(2)13-12(8-9)16-14(17-20(13,18)19)15-11-5-3-4-6-11/h7-8,11H,3-6H2,1-2H3,(H2,15,16,17). The van der Waals surface area contributed by atoms with Gasteiger partial charge in [0.1, 0.15) is 4.90 Å². The van der Waals surface area contributed by atoms with Gasteiger partial charge in [-0.25, -0.2) is 18.1 Å².